The van der Waals surface area contributed by atoms with Crippen molar-refractivity contribution in [3.05, 3.63) is 35.4 Å². The van der Waals surface area contributed by atoms with Gasteiger partial charge >= 0.3 is 5.97 Å². The Morgan fingerprint density at radius 3 is 2.11 bits per heavy atom. The van der Waals surface area contributed by atoms with Crippen molar-refractivity contribution in [2.75, 3.05) is 14.1 Å². The lowest BCUT2D eigenvalue weighted by atomic mass is 10.1. The van der Waals surface area contributed by atoms with E-state index in [1.165, 1.54) is 0 Å². The average molecular weight is 251 g/mol. The maximum Gasteiger partial charge on any atom is 0.335 e. The molecule has 0 unspecified atom stereocenters. The van der Waals surface area contributed by atoms with Crippen LogP contribution < -0.4 is 5.73 Å². The fourth-order valence-corrected chi connectivity index (χ4v) is 0.894. The summed E-state index contributed by atoms with van der Waals surface area (Å²) in [7, 11) is 3.64. The van der Waals surface area contributed by atoms with Crippen molar-refractivity contribution in [2.45, 2.75) is 19.9 Å². The van der Waals surface area contributed by atoms with Gasteiger partial charge in [0.15, 0.2) is 0 Å². The SMILES string of the molecule is CC(C)N.CN(C)/N=C/c1ccc(C(=O)O)cc1. The Morgan fingerprint density at radius 2 is 1.78 bits per heavy atom. The van der Waals surface area contributed by atoms with Crippen molar-refractivity contribution >= 4 is 12.2 Å². The van der Waals surface area contributed by atoms with Crippen molar-refractivity contribution in [1.82, 2.24) is 5.01 Å². The molecule has 0 aromatic heterocycles. The van der Waals surface area contributed by atoms with Gasteiger partial charge in [0.1, 0.15) is 0 Å². The lowest BCUT2D eigenvalue weighted by Gasteiger charge is -2.02. The number of hydrogen-bond donors (Lipinski definition) is 2. The lowest BCUT2D eigenvalue weighted by molar-refractivity contribution is 0.0697. The molecule has 0 bridgehead atoms. The fraction of sp³-hybridized carbons (Fsp3) is 0.385. The molecule has 5 nitrogen and oxygen atoms in total. The molecule has 0 aliphatic rings. The van der Waals surface area contributed by atoms with Crippen LogP contribution in [0.2, 0.25) is 0 Å². The first-order valence-corrected chi connectivity index (χ1v) is 5.63. The van der Waals surface area contributed by atoms with Crippen molar-refractivity contribution in [1.29, 1.82) is 0 Å². The highest BCUT2D eigenvalue weighted by Gasteiger charge is 1.99. The number of nitrogens with zero attached hydrogens (tertiary/aromatic N) is 2. The van der Waals surface area contributed by atoms with Crippen molar-refractivity contribution in [3.63, 3.8) is 0 Å². The highest BCUT2D eigenvalue weighted by atomic mass is 16.4. The Hall–Kier alpha value is -1.88. The second-order valence-electron chi connectivity index (χ2n) is 4.26. The Labute approximate surface area is 108 Å². The van der Waals surface area contributed by atoms with E-state index in [0.29, 0.717) is 6.04 Å². The van der Waals surface area contributed by atoms with Gasteiger partial charge in [0.05, 0.1) is 11.8 Å². The zero-order valence-electron chi connectivity index (χ0n) is 11.3. The smallest absolute Gasteiger partial charge is 0.335 e. The normalized spacial score (nSPS) is 10.1. The molecular weight excluding hydrogens is 230 g/mol. The molecule has 0 saturated heterocycles. The van der Waals surface area contributed by atoms with Gasteiger partial charge in [-0.3, -0.25) is 0 Å². The van der Waals surface area contributed by atoms with Gasteiger partial charge in [-0.25, -0.2) is 4.79 Å². The monoisotopic (exact) mass is 251 g/mol. The summed E-state index contributed by atoms with van der Waals surface area (Å²) in [5.41, 5.74) is 6.27. The molecule has 0 amide bonds. The van der Waals surface area contributed by atoms with E-state index in [-0.39, 0.29) is 5.56 Å². The summed E-state index contributed by atoms with van der Waals surface area (Å²) >= 11 is 0. The second kappa shape index (κ2) is 8.25. The third kappa shape index (κ3) is 8.29. The molecule has 0 atom stereocenters. The number of nitrogens with two attached hydrogens (primary N) is 1. The molecule has 5 heteroatoms. The number of carboxylic acid groups (broad SMARTS) is 1. The van der Waals surface area contributed by atoms with Crippen LogP contribution in [0.1, 0.15) is 29.8 Å². The number of hydrogen-bond acceptors (Lipinski definition) is 4. The van der Waals surface area contributed by atoms with Crippen LogP contribution in [0.15, 0.2) is 29.4 Å². The molecule has 0 radical (unpaired) electrons. The van der Waals surface area contributed by atoms with Crippen LogP contribution >= 0.6 is 0 Å². The number of hydrazone groups is 1. The van der Waals surface area contributed by atoms with Crippen molar-refractivity contribution < 1.29 is 9.90 Å². The topological polar surface area (TPSA) is 78.9 Å². The minimum Gasteiger partial charge on any atom is -0.478 e. The van der Waals surface area contributed by atoms with Gasteiger partial charge in [0, 0.05) is 14.1 Å². The van der Waals surface area contributed by atoms with Crippen LogP contribution in [0.25, 0.3) is 0 Å². The number of carbonyl (C=O) groups is 1. The second-order valence-corrected chi connectivity index (χ2v) is 4.26. The van der Waals surface area contributed by atoms with E-state index in [4.69, 9.17) is 10.8 Å². The first-order chi connectivity index (χ1) is 8.32. The van der Waals surface area contributed by atoms with E-state index in [2.05, 4.69) is 5.10 Å². The van der Waals surface area contributed by atoms with E-state index in [9.17, 15) is 4.79 Å². The van der Waals surface area contributed by atoms with Crippen LogP contribution in [0.4, 0.5) is 0 Å². The van der Waals surface area contributed by atoms with Crippen LogP contribution in [-0.2, 0) is 0 Å². The van der Waals surface area contributed by atoms with Crippen LogP contribution in [0.5, 0.6) is 0 Å². The molecule has 0 saturated carbocycles. The minimum atomic E-state index is -0.916. The fourth-order valence-electron chi connectivity index (χ4n) is 0.894. The van der Waals surface area contributed by atoms with Gasteiger partial charge < -0.3 is 15.8 Å². The van der Waals surface area contributed by atoms with E-state index in [1.807, 2.05) is 27.9 Å². The molecule has 1 rings (SSSR count). The predicted molar refractivity (Wildman–Crippen MR) is 74.0 cm³/mol. The zero-order valence-corrected chi connectivity index (χ0v) is 11.3. The predicted octanol–water partition coefficient (Wildman–Crippen LogP) is 1.63. The molecule has 18 heavy (non-hydrogen) atoms. The molecule has 0 aliphatic heterocycles. The van der Waals surface area contributed by atoms with E-state index >= 15 is 0 Å². The summed E-state index contributed by atoms with van der Waals surface area (Å²) in [6.07, 6.45) is 1.67. The van der Waals surface area contributed by atoms with Gasteiger partial charge in [-0.15, -0.1) is 0 Å². The van der Waals surface area contributed by atoms with Gasteiger partial charge in [-0.2, -0.15) is 5.10 Å². The Bertz CT molecular complexity index is 381. The van der Waals surface area contributed by atoms with E-state index in [0.717, 1.165) is 5.56 Å². The van der Waals surface area contributed by atoms with Gasteiger partial charge in [0.25, 0.3) is 0 Å². The number of carboxylic acids is 1. The first kappa shape index (κ1) is 16.1. The van der Waals surface area contributed by atoms with Gasteiger partial charge in [0.2, 0.25) is 0 Å². The zero-order chi connectivity index (χ0) is 14.1. The molecule has 1 aromatic rings. The molecule has 0 heterocycles. The number of aromatic carboxylic acids is 1. The van der Waals surface area contributed by atoms with Crippen molar-refractivity contribution in [2.24, 2.45) is 10.8 Å². The quantitative estimate of drug-likeness (QED) is 0.632. The molecule has 0 aliphatic carbocycles. The number of benzene rings is 1. The summed E-state index contributed by atoms with van der Waals surface area (Å²) in [5, 5.41) is 14.4. The van der Waals surface area contributed by atoms with E-state index in [1.54, 1.807) is 35.5 Å². The summed E-state index contributed by atoms with van der Waals surface area (Å²) in [6.45, 7) is 3.89. The summed E-state index contributed by atoms with van der Waals surface area (Å²) in [4.78, 5) is 10.5. The third-order valence-corrected chi connectivity index (χ3v) is 1.60. The molecule has 0 spiro atoms. The summed E-state index contributed by atoms with van der Waals surface area (Å²) in [6, 6.07) is 6.88. The highest BCUT2D eigenvalue weighted by molar-refractivity contribution is 5.89. The molecule has 0 fully saturated rings. The average Bonchev–Trinajstić information content (AvgIpc) is 2.26. The maximum absolute atomic E-state index is 10.5. The summed E-state index contributed by atoms with van der Waals surface area (Å²) in [5.74, 6) is -0.916. The Balaban J connectivity index is 0.000000631. The van der Waals surface area contributed by atoms with Gasteiger partial charge in [-0.1, -0.05) is 26.0 Å². The minimum absolute atomic E-state index is 0.284. The first-order valence-electron chi connectivity index (χ1n) is 5.63. The van der Waals surface area contributed by atoms with Crippen LogP contribution in [0, 0.1) is 0 Å². The standard InChI is InChI=1S/C10H12N2O2.C3H9N/c1-12(2)11-7-8-3-5-9(6-4-8)10(13)14;1-3(2)4/h3-7H,1-2H3,(H,13,14);3H,4H2,1-2H3/b11-7+;. The third-order valence-electron chi connectivity index (χ3n) is 1.60. The Morgan fingerprint density at radius 1 is 1.33 bits per heavy atom. The molecule has 1 aromatic carbocycles. The van der Waals surface area contributed by atoms with Crippen LogP contribution in [0.3, 0.4) is 0 Å². The number of rotatable bonds is 3. The van der Waals surface area contributed by atoms with Gasteiger partial charge in [-0.05, 0) is 23.7 Å². The van der Waals surface area contributed by atoms with Crippen molar-refractivity contribution in [3.8, 4) is 0 Å². The maximum atomic E-state index is 10.5. The van der Waals surface area contributed by atoms with Crippen LogP contribution in [-0.4, -0.2) is 42.4 Å². The summed E-state index contributed by atoms with van der Waals surface area (Å²) < 4.78 is 0. The molecule has 3 N–H and O–H groups in total. The lowest BCUT2D eigenvalue weighted by Crippen LogP contribution is -2.06. The largest absolute Gasteiger partial charge is 0.478 e. The molecular formula is C13H21N3O2. The Kier molecular flexibility index (Phi) is 7.38. The van der Waals surface area contributed by atoms with E-state index < -0.39 is 5.97 Å². The molecule has 100 valence electrons. The highest BCUT2D eigenvalue weighted by Crippen LogP contribution is 2.02.